The number of nitrogens with one attached hydrogen (secondary N) is 2. The fourth-order valence-electron chi connectivity index (χ4n) is 1.94. The number of ether oxygens (including phenoxy) is 2. The molecule has 2 amide bonds. The van der Waals surface area contributed by atoms with Crippen molar-refractivity contribution in [3.63, 3.8) is 0 Å². The minimum Gasteiger partial charge on any atom is -0.496 e. The molecule has 8 heteroatoms. The van der Waals surface area contributed by atoms with Gasteiger partial charge in [-0.1, -0.05) is 33.6 Å². The maximum Gasteiger partial charge on any atom is 0.279 e. The van der Waals surface area contributed by atoms with E-state index in [9.17, 15) is 9.59 Å². The molecular weight excluding hydrogens is 412 g/mol. The number of benzene rings is 2. The molecule has 0 aromatic heterocycles. The van der Waals surface area contributed by atoms with Crippen LogP contribution in [0.25, 0.3) is 0 Å². The SMILES string of the molecule is COc1cc(Cl)ccc1C(=O)NNC(=O)C(C)Oc1cccc(Br)c1. The van der Waals surface area contributed by atoms with E-state index < -0.39 is 17.9 Å². The Hall–Kier alpha value is -2.25. The molecule has 2 aromatic carbocycles. The Labute approximate surface area is 158 Å². The fraction of sp³-hybridized carbons (Fsp3) is 0.176. The van der Waals surface area contributed by atoms with Gasteiger partial charge in [-0.3, -0.25) is 20.4 Å². The fourth-order valence-corrected chi connectivity index (χ4v) is 2.48. The molecule has 2 N–H and O–H groups in total. The molecule has 2 aromatic rings. The van der Waals surface area contributed by atoms with Crippen molar-refractivity contribution in [2.75, 3.05) is 7.11 Å². The highest BCUT2D eigenvalue weighted by Crippen LogP contribution is 2.23. The molecular formula is C17H16BrClN2O4. The van der Waals surface area contributed by atoms with Crippen LogP contribution in [0.3, 0.4) is 0 Å². The van der Waals surface area contributed by atoms with Crippen molar-refractivity contribution in [3.8, 4) is 11.5 Å². The van der Waals surface area contributed by atoms with Gasteiger partial charge in [0.2, 0.25) is 0 Å². The van der Waals surface area contributed by atoms with Crippen LogP contribution < -0.4 is 20.3 Å². The van der Waals surface area contributed by atoms with Crippen molar-refractivity contribution in [2.24, 2.45) is 0 Å². The van der Waals surface area contributed by atoms with Gasteiger partial charge in [0.15, 0.2) is 6.10 Å². The van der Waals surface area contributed by atoms with Gasteiger partial charge in [-0.15, -0.1) is 0 Å². The van der Waals surface area contributed by atoms with Crippen LogP contribution in [0.1, 0.15) is 17.3 Å². The quantitative estimate of drug-likeness (QED) is 0.718. The molecule has 0 aliphatic carbocycles. The summed E-state index contributed by atoms with van der Waals surface area (Å²) in [6.45, 7) is 1.57. The second-order valence-corrected chi connectivity index (χ2v) is 6.36. The Morgan fingerprint density at radius 2 is 1.92 bits per heavy atom. The summed E-state index contributed by atoms with van der Waals surface area (Å²) in [5.41, 5.74) is 4.88. The van der Waals surface area contributed by atoms with Crippen LogP contribution in [-0.2, 0) is 4.79 Å². The third kappa shape index (κ3) is 5.37. The molecule has 0 saturated heterocycles. The van der Waals surface area contributed by atoms with Gasteiger partial charge in [-0.2, -0.15) is 0 Å². The molecule has 1 unspecified atom stereocenters. The average molecular weight is 428 g/mol. The van der Waals surface area contributed by atoms with Crippen molar-refractivity contribution in [1.29, 1.82) is 0 Å². The highest BCUT2D eigenvalue weighted by molar-refractivity contribution is 9.10. The first-order valence-electron chi connectivity index (χ1n) is 7.26. The predicted molar refractivity (Wildman–Crippen MR) is 97.8 cm³/mol. The van der Waals surface area contributed by atoms with E-state index in [-0.39, 0.29) is 5.56 Å². The first-order chi connectivity index (χ1) is 11.9. The Kier molecular flexibility index (Phi) is 6.66. The number of hydrazine groups is 1. The zero-order chi connectivity index (χ0) is 18.4. The number of halogens is 2. The summed E-state index contributed by atoms with van der Waals surface area (Å²) in [6, 6.07) is 11.7. The van der Waals surface area contributed by atoms with E-state index in [1.165, 1.54) is 19.2 Å². The molecule has 0 spiro atoms. The van der Waals surface area contributed by atoms with Gasteiger partial charge in [0.05, 0.1) is 12.7 Å². The number of rotatable bonds is 5. The maximum atomic E-state index is 12.2. The molecule has 132 valence electrons. The van der Waals surface area contributed by atoms with Crippen molar-refractivity contribution >= 4 is 39.3 Å². The zero-order valence-corrected chi connectivity index (χ0v) is 15.8. The molecule has 1 atom stereocenters. The molecule has 25 heavy (non-hydrogen) atoms. The lowest BCUT2D eigenvalue weighted by atomic mass is 10.2. The second kappa shape index (κ2) is 8.73. The van der Waals surface area contributed by atoms with Crippen molar-refractivity contribution in [3.05, 3.63) is 57.5 Å². The number of hydrogen-bond acceptors (Lipinski definition) is 4. The summed E-state index contributed by atoms with van der Waals surface area (Å²) >= 11 is 9.18. The summed E-state index contributed by atoms with van der Waals surface area (Å²) in [5.74, 6) is -0.196. The molecule has 0 aliphatic rings. The highest BCUT2D eigenvalue weighted by Gasteiger charge is 2.17. The summed E-state index contributed by atoms with van der Waals surface area (Å²) in [7, 11) is 1.43. The smallest absolute Gasteiger partial charge is 0.279 e. The van der Waals surface area contributed by atoms with Crippen molar-refractivity contribution in [1.82, 2.24) is 10.9 Å². The number of hydrogen-bond donors (Lipinski definition) is 2. The number of carbonyl (C=O) groups excluding carboxylic acids is 2. The third-order valence-corrected chi connectivity index (χ3v) is 3.91. The minimum absolute atomic E-state index is 0.243. The Morgan fingerprint density at radius 3 is 2.60 bits per heavy atom. The number of methoxy groups -OCH3 is 1. The highest BCUT2D eigenvalue weighted by atomic mass is 79.9. The van der Waals surface area contributed by atoms with Gasteiger partial charge >= 0.3 is 0 Å². The van der Waals surface area contributed by atoms with Crippen LogP contribution in [0.5, 0.6) is 11.5 Å². The van der Waals surface area contributed by atoms with E-state index in [2.05, 4.69) is 26.8 Å². The monoisotopic (exact) mass is 426 g/mol. The Morgan fingerprint density at radius 1 is 1.16 bits per heavy atom. The summed E-state index contributed by atoms with van der Waals surface area (Å²) < 4.78 is 11.5. The minimum atomic E-state index is -0.804. The molecule has 0 saturated carbocycles. The van der Waals surface area contributed by atoms with Crippen molar-refractivity contribution in [2.45, 2.75) is 13.0 Å². The van der Waals surface area contributed by atoms with Gasteiger partial charge in [0, 0.05) is 9.50 Å². The lowest BCUT2D eigenvalue weighted by molar-refractivity contribution is -0.128. The van der Waals surface area contributed by atoms with Crippen LogP contribution in [0, 0.1) is 0 Å². The van der Waals surface area contributed by atoms with Crippen LogP contribution >= 0.6 is 27.5 Å². The summed E-state index contributed by atoms with van der Waals surface area (Å²) in [4.78, 5) is 24.2. The molecule has 0 radical (unpaired) electrons. The Bertz CT molecular complexity index is 785. The summed E-state index contributed by atoms with van der Waals surface area (Å²) in [6.07, 6.45) is -0.804. The lowest BCUT2D eigenvalue weighted by Crippen LogP contribution is -2.47. The first kappa shape index (κ1) is 19.1. The lowest BCUT2D eigenvalue weighted by Gasteiger charge is -2.16. The van der Waals surface area contributed by atoms with Gasteiger partial charge in [0.25, 0.3) is 11.8 Å². The van der Waals surface area contributed by atoms with E-state index >= 15 is 0 Å². The van der Waals surface area contributed by atoms with E-state index in [0.29, 0.717) is 16.5 Å². The largest absolute Gasteiger partial charge is 0.496 e. The van der Waals surface area contributed by atoms with Crippen LogP contribution in [0.2, 0.25) is 5.02 Å². The maximum absolute atomic E-state index is 12.2. The van der Waals surface area contributed by atoms with Crippen LogP contribution in [0.15, 0.2) is 46.9 Å². The van der Waals surface area contributed by atoms with Gasteiger partial charge in [0.1, 0.15) is 11.5 Å². The van der Waals surface area contributed by atoms with E-state index in [4.69, 9.17) is 21.1 Å². The topological polar surface area (TPSA) is 76.7 Å². The molecule has 6 nitrogen and oxygen atoms in total. The molecule has 0 fully saturated rings. The van der Waals surface area contributed by atoms with Gasteiger partial charge in [-0.05, 0) is 43.3 Å². The average Bonchev–Trinajstić information content (AvgIpc) is 2.59. The van der Waals surface area contributed by atoms with E-state index in [1.54, 1.807) is 31.2 Å². The van der Waals surface area contributed by atoms with E-state index in [1.807, 2.05) is 6.07 Å². The molecule has 0 bridgehead atoms. The zero-order valence-electron chi connectivity index (χ0n) is 13.5. The number of amides is 2. The Balaban J connectivity index is 1.94. The molecule has 0 aliphatic heterocycles. The van der Waals surface area contributed by atoms with E-state index in [0.717, 1.165) is 4.47 Å². The van der Waals surface area contributed by atoms with Crippen LogP contribution in [0.4, 0.5) is 0 Å². The number of carbonyl (C=O) groups is 2. The van der Waals surface area contributed by atoms with Crippen LogP contribution in [-0.4, -0.2) is 25.0 Å². The molecule has 0 heterocycles. The second-order valence-electron chi connectivity index (χ2n) is 5.01. The summed E-state index contributed by atoms with van der Waals surface area (Å²) in [5, 5.41) is 0.438. The standard InChI is InChI=1S/C17H16BrClN2O4/c1-10(25-13-5-3-4-11(18)8-13)16(22)20-21-17(23)14-7-6-12(19)9-15(14)24-2/h3-10H,1-2H3,(H,20,22)(H,21,23). The first-order valence-corrected chi connectivity index (χ1v) is 8.43. The molecule has 2 rings (SSSR count). The van der Waals surface area contributed by atoms with Crippen molar-refractivity contribution < 1.29 is 19.1 Å². The van der Waals surface area contributed by atoms with Gasteiger partial charge < -0.3 is 9.47 Å². The normalized spacial score (nSPS) is 11.4. The third-order valence-electron chi connectivity index (χ3n) is 3.19. The predicted octanol–water partition coefficient (Wildman–Crippen LogP) is 3.34. The van der Waals surface area contributed by atoms with Gasteiger partial charge in [-0.25, -0.2) is 0 Å².